The van der Waals surface area contributed by atoms with E-state index < -0.39 is 17.8 Å². The van der Waals surface area contributed by atoms with Crippen molar-refractivity contribution in [3.63, 3.8) is 0 Å². The Morgan fingerprint density at radius 1 is 1.05 bits per heavy atom. The van der Waals surface area contributed by atoms with Crippen LogP contribution in [0.25, 0.3) is 0 Å². The third-order valence-corrected chi connectivity index (χ3v) is 5.10. The summed E-state index contributed by atoms with van der Waals surface area (Å²) >= 11 is 0. The zero-order chi connectivity index (χ0) is 14.7. The number of aliphatic hydroxyl groups excluding tert-OH is 1. The molecule has 1 saturated carbocycles. The van der Waals surface area contributed by atoms with Crippen LogP contribution < -0.4 is 0 Å². The van der Waals surface area contributed by atoms with Gasteiger partial charge in [-0.15, -0.1) is 0 Å². The highest BCUT2D eigenvalue weighted by Crippen LogP contribution is 2.57. The Morgan fingerprint density at radius 3 is 2.43 bits per heavy atom. The number of ketones is 1. The summed E-state index contributed by atoms with van der Waals surface area (Å²) in [5.74, 6) is -2.13. The summed E-state index contributed by atoms with van der Waals surface area (Å²) in [6.07, 6.45) is 0.342. The number of nitrogens with zero attached hydrogens (tertiary/aromatic N) is 1. The molecule has 0 radical (unpaired) electrons. The third kappa shape index (κ3) is 1.47. The van der Waals surface area contributed by atoms with E-state index in [4.69, 9.17) is 5.11 Å². The molecule has 5 nitrogen and oxygen atoms in total. The van der Waals surface area contributed by atoms with Gasteiger partial charge >= 0.3 is 0 Å². The largest absolute Gasteiger partial charge is 0.395 e. The van der Waals surface area contributed by atoms with Crippen LogP contribution in [0.15, 0.2) is 24.3 Å². The minimum atomic E-state index is -0.565. The number of carbonyl (C=O) groups excluding carboxylic acids is 3. The first-order valence-corrected chi connectivity index (χ1v) is 7.22. The summed E-state index contributed by atoms with van der Waals surface area (Å²) in [4.78, 5) is 38.5. The van der Waals surface area contributed by atoms with Crippen molar-refractivity contribution in [3.8, 4) is 0 Å². The number of hydrogen-bond donors (Lipinski definition) is 1. The molecule has 108 valence electrons. The number of Topliss-reactive ketones (excluding diaryl/α,β-unsaturated/α-hetero) is 1. The summed E-state index contributed by atoms with van der Waals surface area (Å²) in [6, 6.07) is 7.63. The lowest BCUT2D eigenvalue weighted by Gasteiger charge is -2.43. The Hall–Kier alpha value is -2.01. The maximum Gasteiger partial charge on any atom is 0.234 e. The molecular weight excluding hydrogens is 270 g/mol. The minimum Gasteiger partial charge on any atom is -0.395 e. The van der Waals surface area contributed by atoms with Gasteiger partial charge in [-0.2, -0.15) is 0 Å². The van der Waals surface area contributed by atoms with Crippen LogP contribution in [0.2, 0.25) is 0 Å². The van der Waals surface area contributed by atoms with Crippen LogP contribution in [0.5, 0.6) is 0 Å². The molecule has 3 aliphatic carbocycles. The molecule has 2 fully saturated rings. The maximum atomic E-state index is 12.5. The van der Waals surface area contributed by atoms with Crippen molar-refractivity contribution < 1.29 is 19.5 Å². The summed E-state index contributed by atoms with van der Waals surface area (Å²) in [7, 11) is 0. The van der Waals surface area contributed by atoms with Gasteiger partial charge in [-0.05, 0) is 11.1 Å². The maximum absolute atomic E-state index is 12.5. The normalized spacial score (nSPS) is 33.4. The van der Waals surface area contributed by atoms with Crippen LogP contribution >= 0.6 is 0 Å². The lowest BCUT2D eigenvalue weighted by atomic mass is 9.56. The fourth-order valence-electron chi connectivity index (χ4n) is 4.34. The fraction of sp³-hybridized carbons (Fsp3) is 0.438. The second kappa shape index (κ2) is 4.24. The molecule has 1 aliphatic heterocycles. The second-order valence-electron chi connectivity index (χ2n) is 5.99. The zero-order valence-corrected chi connectivity index (χ0v) is 11.4. The SMILES string of the molecule is O=C1C[C@H]2c3ccccc3[C@H]1[C@@H]1C(=O)N(CCO)C(=O)[C@H]12. The average Bonchev–Trinajstić information content (AvgIpc) is 2.74. The van der Waals surface area contributed by atoms with E-state index in [1.807, 2.05) is 24.3 Å². The summed E-state index contributed by atoms with van der Waals surface area (Å²) in [6.45, 7) is -0.220. The number of carbonyl (C=O) groups is 3. The Morgan fingerprint density at radius 2 is 1.71 bits per heavy atom. The van der Waals surface area contributed by atoms with Crippen molar-refractivity contribution in [2.75, 3.05) is 13.2 Å². The molecule has 1 heterocycles. The number of hydrogen-bond acceptors (Lipinski definition) is 4. The molecule has 0 spiro atoms. The van der Waals surface area contributed by atoms with E-state index in [2.05, 4.69) is 0 Å². The molecular formula is C16H15NO4. The number of aliphatic hydroxyl groups is 1. The smallest absolute Gasteiger partial charge is 0.234 e. The van der Waals surface area contributed by atoms with Gasteiger partial charge in [-0.25, -0.2) is 0 Å². The number of rotatable bonds is 2. The van der Waals surface area contributed by atoms with Crippen LogP contribution in [0, 0.1) is 11.8 Å². The molecule has 2 amide bonds. The van der Waals surface area contributed by atoms with E-state index in [9.17, 15) is 14.4 Å². The van der Waals surface area contributed by atoms with Crippen LogP contribution in [0.4, 0.5) is 0 Å². The van der Waals surface area contributed by atoms with E-state index >= 15 is 0 Å². The van der Waals surface area contributed by atoms with Gasteiger partial charge in [0.15, 0.2) is 0 Å². The van der Waals surface area contributed by atoms with Crippen molar-refractivity contribution in [1.82, 2.24) is 4.90 Å². The molecule has 1 aromatic carbocycles. The third-order valence-electron chi connectivity index (χ3n) is 5.10. The van der Waals surface area contributed by atoms with Crippen LogP contribution in [0.3, 0.4) is 0 Å². The van der Waals surface area contributed by atoms with Crippen molar-refractivity contribution in [2.45, 2.75) is 18.3 Å². The highest BCUT2D eigenvalue weighted by atomic mass is 16.3. The Balaban J connectivity index is 1.87. The van der Waals surface area contributed by atoms with Crippen molar-refractivity contribution in [3.05, 3.63) is 35.4 Å². The van der Waals surface area contributed by atoms with E-state index in [1.54, 1.807) is 0 Å². The minimum absolute atomic E-state index is 0.0225. The van der Waals surface area contributed by atoms with Gasteiger partial charge in [0.2, 0.25) is 11.8 Å². The highest BCUT2D eigenvalue weighted by molar-refractivity contribution is 6.11. The van der Waals surface area contributed by atoms with Crippen LogP contribution in [0.1, 0.15) is 29.4 Å². The van der Waals surface area contributed by atoms with E-state index in [0.717, 1.165) is 16.0 Å². The summed E-state index contributed by atoms with van der Waals surface area (Å²) < 4.78 is 0. The van der Waals surface area contributed by atoms with Gasteiger partial charge in [0.05, 0.1) is 30.9 Å². The predicted octanol–water partition coefficient (Wildman–Crippen LogP) is 0.434. The van der Waals surface area contributed by atoms with Crippen LogP contribution in [-0.4, -0.2) is 40.8 Å². The molecule has 21 heavy (non-hydrogen) atoms. The number of likely N-dealkylation sites (tertiary alicyclic amines) is 1. The fourth-order valence-corrected chi connectivity index (χ4v) is 4.34. The zero-order valence-electron chi connectivity index (χ0n) is 11.4. The van der Waals surface area contributed by atoms with Crippen LogP contribution in [-0.2, 0) is 14.4 Å². The summed E-state index contributed by atoms with van der Waals surface area (Å²) in [5.41, 5.74) is 1.95. The Bertz CT molecular complexity index is 668. The standard InChI is InChI=1S/C16H15NO4/c18-6-5-17-15(20)13-10-7-11(19)12(14(13)16(17)21)9-4-2-1-3-8(9)10/h1-4,10,12-14,18H,5-7H2/t10-,12+,13-,14-/m0/s1. The molecule has 1 saturated heterocycles. The van der Waals surface area contributed by atoms with E-state index in [0.29, 0.717) is 6.42 Å². The molecule has 1 aromatic rings. The van der Waals surface area contributed by atoms with Gasteiger partial charge in [0.1, 0.15) is 5.78 Å². The van der Waals surface area contributed by atoms with Gasteiger partial charge in [-0.3, -0.25) is 19.3 Å². The summed E-state index contributed by atoms with van der Waals surface area (Å²) in [5, 5.41) is 9.06. The predicted molar refractivity (Wildman–Crippen MR) is 72.3 cm³/mol. The lowest BCUT2D eigenvalue weighted by molar-refractivity contribution is -0.141. The average molecular weight is 285 g/mol. The molecule has 0 unspecified atom stereocenters. The lowest BCUT2D eigenvalue weighted by Crippen LogP contribution is -2.44. The van der Waals surface area contributed by atoms with Crippen molar-refractivity contribution in [1.29, 1.82) is 0 Å². The quantitative estimate of drug-likeness (QED) is 0.800. The number of β-amino-alcohol motifs (C(OH)–C–C–N with tert-alkyl or cyclic N) is 1. The van der Waals surface area contributed by atoms with Gasteiger partial charge < -0.3 is 5.11 Å². The first kappa shape index (κ1) is 12.7. The first-order chi connectivity index (χ1) is 10.1. The number of imide groups is 1. The van der Waals surface area contributed by atoms with Gasteiger partial charge in [-0.1, -0.05) is 24.3 Å². The van der Waals surface area contributed by atoms with E-state index in [1.165, 1.54) is 0 Å². The van der Waals surface area contributed by atoms with E-state index in [-0.39, 0.29) is 36.7 Å². The molecule has 4 aliphatic rings. The topological polar surface area (TPSA) is 74.7 Å². The Kier molecular flexibility index (Phi) is 2.57. The number of amides is 2. The molecule has 2 bridgehead atoms. The van der Waals surface area contributed by atoms with Gasteiger partial charge in [0, 0.05) is 12.3 Å². The molecule has 5 heteroatoms. The monoisotopic (exact) mass is 285 g/mol. The molecule has 1 N–H and O–H groups in total. The number of benzene rings is 1. The van der Waals surface area contributed by atoms with Gasteiger partial charge in [0.25, 0.3) is 0 Å². The van der Waals surface area contributed by atoms with Crippen molar-refractivity contribution >= 4 is 17.6 Å². The molecule has 4 atom stereocenters. The van der Waals surface area contributed by atoms with Crippen molar-refractivity contribution in [2.24, 2.45) is 11.8 Å². The highest BCUT2D eigenvalue weighted by Gasteiger charge is 2.62. The number of fused-ring (bicyclic) bond motifs is 1. The Labute approximate surface area is 121 Å². The molecule has 0 aromatic heterocycles. The second-order valence-corrected chi connectivity index (χ2v) is 5.99. The first-order valence-electron chi connectivity index (χ1n) is 7.22. The molecule has 5 rings (SSSR count).